The van der Waals surface area contributed by atoms with E-state index in [1.165, 1.54) is 34.9 Å². The van der Waals surface area contributed by atoms with E-state index in [2.05, 4.69) is 28.1 Å². The van der Waals surface area contributed by atoms with Gasteiger partial charge in [-0.15, -0.1) is 0 Å². The molecule has 2 nitrogen and oxygen atoms in total. The Kier molecular flexibility index (Phi) is 3.13. The number of hydrogen-bond acceptors (Lipinski definition) is 3. The summed E-state index contributed by atoms with van der Waals surface area (Å²) in [6.07, 6.45) is 4.98. The van der Waals surface area contributed by atoms with Crippen LogP contribution in [0.5, 0.6) is 0 Å². The largest absolute Gasteiger partial charge is 0.375 e. The van der Waals surface area contributed by atoms with Crippen molar-refractivity contribution in [3.8, 4) is 0 Å². The lowest BCUT2D eigenvalue weighted by Gasteiger charge is -2.51. The van der Waals surface area contributed by atoms with E-state index in [1.807, 2.05) is 0 Å². The topological polar surface area (TPSA) is 18.5 Å². The highest BCUT2D eigenvalue weighted by Crippen LogP contribution is 2.49. The maximum Gasteiger partial charge on any atom is 0.0701 e. The van der Waals surface area contributed by atoms with Gasteiger partial charge in [-0.2, -0.15) is 0 Å². The molecule has 0 spiro atoms. The van der Waals surface area contributed by atoms with E-state index in [9.17, 15) is 0 Å². The van der Waals surface area contributed by atoms with Crippen LogP contribution in [-0.2, 0) is 8.92 Å². The van der Waals surface area contributed by atoms with Crippen LogP contribution in [0.25, 0.3) is 0 Å². The van der Waals surface area contributed by atoms with Gasteiger partial charge in [0.1, 0.15) is 0 Å². The summed E-state index contributed by atoms with van der Waals surface area (Å²) >= 11 is 2.18. The molecule has 2 heterocycles. The van der Waals surface area contributed by atoms with Gasteiger partial charge in [-0.25, -0.2) is 0 Å². The normalized spacial score (nSPS) is 43.8. The van der Waals surface area contributed by atoms with Gasteiger partial charge in [-0.3, -0.25) is 0 Å². The molecule has 3 fully saturated rings. The molecule has 4 heteroatoms. The van der Waals surface area contributed by atoms with Crippen LogP contribution in [0.4, 0.5) is 0 Å². The van der Waals surface area contributed by atoms with E-state index in [0.717, 1.165) is 13.2 Å². The first-order valence-corrected chi connectivity index (χ1v) is 8.01. The van der Waals surface area contributed by atoms with Crippen LogP contribution in [-0.4, -0.2) is 18.8 Å². The molecule has 0 aromatic rings. The third-order valence-electron chi connectivity index (χ3n) is 3.50. The molecule has 2 aliphatic heterocycles. The summed E-state index contributed by atoms with van der Waals surface area (Å²) in [7, 11) is 1.44. The highest BCUT2D eigenvalue weighted by molar-refractivity contribution is 14.2. The summed E-state index contributed by atoms with van der Waals surface area (Å²) < 4.78 is 11.3. The van der Waals surface area contributed by atoms with Crippen LogP contribution in [0, 0.1) is 5.41 Å². The fourth-order valence-corrected chi connectivity index (χ4v) is 2.93. The molecule has 3 rings (SSSR count). The van der Waals surface area contributed by atoms with Gasteiger partial charge in [-0.05, 0) is 32.6 Å². The molecule has 1 saturated carbocycles. The predicted octanol–water partition coefficient (Wildman–Crippen LogP) is 3.35. The van der Waals surface area contributed by atoms with Gasteiger partial charge in [0.25, 0.3) is 0 Å². The van der Waals surface area contributed by atoms with Gasteiger partial charge >= 0.3 is 0 Å². The SMILES string of the molecule is CC12CCC(COSI)(CC1)CO2. The van der Waals surface area contributed by atoms with Gasteiger partial charge in [0.05, 0.1) is 28.0 Å². The van der Waals surface area contributed by atoms with E-state index in [0.29, 0.717) is 5.41 Å². The first kappa shape index (κ1) is 10.5. The Morgan fingerprint density at radius 1 is 1.38 bits per heavy atom. The van der Waals surface area contributed by atoms with E-state index >= 15 is 0 Å². The van der Waals surface area contributed by atoms with Crippen LogP contribution in [0.15, 0.2) is 0 Å². The van der Waals surface area contributed by atoms with E-state index in [-0.39, 0.29) is 5.60 Å². The third-order valence-corrected chi connectivity index (χ3v) is 4.47. The Morgan fingerprint density at radius 3 is 2.54 bits per heavy atom. The molecule has 0 atom stereocenters. The molecule has 3 aliphatic rings. The van der Waals surface area contributed by atoms with Crippen molar-refractivity contribution in [1.82, 2.24) is 0 Å². The van der Waals surface area contributed by atoms with Crippen molar-refractivity contribution in [3.63, 3.8) is 0 Å². The van der Waals surface area contributed by atoms with Crippen LogP contribution in [0.1, 0.15) is 32.6 Å². The standard InChI is InChI=1S/C9H15IO2S/c1-8-2-4-9(5-3-8,6-11-8)7-12-13-10/h2-7H2,1H3. The molecule has 1 aliphatic carbocycles. The van der Waals surface area contributed by atoms with Crippen LogP contribution in [0.2, 0.25) is 0 Å². The van der Waals surface area contributed by atoms with Crippen LogP contribution >= 0.6 is 30.4 Å². The molecular formula is C9H15IO2S. The summed E-state index contributed by atoms with van der Waals surface area (Å²) in [6, 6.07) is 0. The number of halogens is 1. The molecule has 2 bridgehead atoms. The summed E-state index contributed by atoms with van der Waals surface area (Å²) in [5.74, 6) is 0. The van der Waals surface area contributed by atoms with Crippen molar-refractivity contribution in [2.75, 3.05) is 13.2 Å². The maximum atomic E-state index is 5.87. The molecule has 0 radical (unpaired) electrons. The highest BCUT2D eigenvalue weighted by Gasteiger charge is 2.47. The molecule has 0 amide bonds. The third kappa shape index (κ3) is 2.16. The first-order chi connectivity index (χ1) is 6.18. The first-order valence-electron chi connectivity index (χ1n) is 4.72. The van der Waals surface area contributed by atoms with E-state index in [4.69, 9.17) is 8.92 Å². The Balaban J connectivity index is 1.95. The molecule has 13 heavy (non-hydrogen) atoms. The van der Waals surface area contributed by atoms with Gasteiger partial charge in [0.2, 0.25) is 0 Å². The smallest absolute Gasteiger partial charge is 0.0701 e. The number of ether oxygens (including phenoxy) is 1. The Hall–Kier alpha value is 1.00. The zero-order chi connectivity index (χ0) is 9.36. The van der Waals surface area contributed by atoms with Crippen molar-refractivity contribution in [2.24, 2.45) is 5.41 Å². The van der Waals surface area contributed by atoms with E-state index in [1.54, 1.807) is 0 Å². The summed E-state index contributed by atoms with van der Waals surface area (Å²) in [5, 5.41) is 0. The second-order valence-corrected chi connectivity index (χ2v) is 6.00. The second-order valence-electron chi connectivity index (χ2n) is 4.56. The van der Waals surface area contributed by atoms with E-state index < -0.39 is 0 Å². The van der Waals surface area contributed by atoms with Gasteiger partial charge in [-0.1, -0.05) is 0 Å². The molecule has 0 unspecified atom stereocenters. The van der Waals surface area contributed by atoms with Crippen LogP contribution in [0.3, 0.4) is 0 Å². The number of hydrogen-bond donors (Lipinski definition) is 0. The van der Waals surface area contributed by atoms with Gasteiger partial charge in [0.15, 0.2) is 0 Å². The fourth-order valence-electron chi connectivity index (χ4n) is 2.26. The lowest BCUT2D eigenvalue weighted by molar-refractivity contribution is -0.181. The molecule has 0 aromatic heterocycles. The Morgan fingerprint density at radius 2 is 2.08 bits per heavy atom. The van der Waals surface area contributed by atoms with Crippen molar-refractivity contribution >= 4 is 30.4 Å². The molecule has 0 N–H and O–H groups in total. The van der Waals surface area contributed by atoms with Crippen molar-refractivity contribution in [3.05, 3.63) is 0 Å². The minimum atomic E-state index is 0.194. The Bertz CT molecular complexity index is 168. The van der Waals surface area contributed by atoms with Crippen molar-refractivity contribution < 1.29 is 8.92 Å². The van der Waals surface area contributed by atoms with Crippen LogP contribution < -0.4 is 0 Å². The molecule has 76 valence electrons. The van der Waals surface area contributed by atoms with Crippen molar-refractivity contribution in [2.45, 2.75) is 38.2 Å². The number of rotatable bonds is 3. The minimum absolute atomic E-state index is 0.194. The summed E-state index contributed by atoms with van der Waals surface area (Å²) in [4.78, 5) is 0. The average Bonchev–Trinajstić information content (AvgIpc) is 2.18. The average molecular weight is 314 g/mol. The summed E-state index contributed by atoms with van der Waals surface area (Å²) in [6.45, 7) is 4.00. The zero-order valence-corrected chi connectivity index (χ0v) is 10.8. The predicted molar refractivity (Wildman–Crippen MR) is 62.8 cm³/mol. The summed E-state index contributed by atoms with van der Waals surface area (Å²) in [5.41, 5.74) is 0.537. The lowest BCUT2D eigenvalue weighted by atomic mass is 9.67. The Labute approximate surface area is 95.9 Å². The van der Waals surface area contributed by atoms with Gasteiger partial charge < -0.3 is 8.92 Å². The molecule has 2 saturated heterocycles. The molecule has 0 aromatic carbocycles. The highest BCUT2D eigenvalue weighted by atomic mass is 127. The van der Waals surface area contributed by atoms with Gasteiger partial charge in [0, 0.05) is 26.6 Å². The fraction of sp³-hybridized carbons (Fsp3) is 1.00. The maximum absolute atomic E-state index is 5.87. The monoisotopic (exact) mass is 314 g/mol. The minimum Gasteiger partial charge on any atom is -0.375 e. The quantitative estimate of drug-likeness (QED) is 0.588. The van der Waals surface area contributed by atoms with Crippen molar-refractivity contribution in [1.29, 1.82) is 0 Å². The zero-order valence-electron chi connectivity index (χ0n) is 7.85. The second kappa shape index (κ2) is 3.87. The number of fused-ring (bicyclic) bond motifs is 3. The lowest BCUT2D eigenvalue weighted by Crippen LogP contribution is -2.51. The molecular weight excluding hydrogens is 299 g/mol.